The minimum absolute atomic E-state index is 0.291. The molecule has 2 rings (SSSR count). The van der Waals surface area contributed by atoms with Gasteiger partial charge in [0.2, 0.25) is 0 Å². The average Bonchev–Trinajstić information content (AvgIpc) is 2.61. The van der Waals surface area contributed by atoms with Gasteiger partial charge in [0.15, 0.2) is 0 Å². The molecule has 0 bridgehead atoms. The molecule has 0 aliphatic heterocycles. The van der Waals surface area contributed by atoms with Gasteiger partial charge in [0.05, 0.1) is 5.69 Å². The normalized spacial score (nSPS) is 11.0. The van der Waals surface area contributed by atoms with Gasteiger partial charge in [-0.25, -0.2) is 4.68 Å². The summed E-state index contributed by atoms with van der Waals surface area (Å²) in [4.78, 5) is 0. The fraction of sp³-hybridized carbons (Fsp3) is 0.308. The van der Waals surface area contributed by atoms with Crippen LogP contribution in [-0.4, -0.2) is 9.78 Å². The molecule has 0 fully saturated rings. The first-order valence-corrected chi connectivity index (χ1v) is 5.50. The number of aryl methyl sites for hydroxylation is 1. The summed E-state index contributed by atoms with van der Waals surface area (Å²) in [5.41, 5.74) is 9.20. The Bertz CT molecular complexity index is 480. The summed E-state index contributed by atoms with van der Waals surface area (Å²) in [7, 11) is 0. The van der Waals surface area contributed by atoms with Gasteiger partial charge in [0.1, 0.15) is 5.82 Å². The average molecular weight is 215 g/mol. The summed E-state index contributed by atoms with van der Waals surface area (Å²) in [5.74, 6) is 0.713. The second-order valence-electron chi connectivity index (χ2n) is 4.36. The summed E-state index contributed by atoms with van der Waals surface area (Å²) in [5, 5.41) is 4.50. The molecule has 1 aromatic carbocycles. The molecule has 0 amide bonds. The molecule has 0 radical (unpaired) electrons. The Morgan fingerprint density at radius 2 is 1.81 bits per heavy atom. The summed E-state index contributed by atoms with van der Waals surface area (Å²) in [6.07, 6.45) is 0. The van der Waals surface area contributed by atoms with E-state index in [4.69, 9.17) is 5.73 Å². The Morgan fingerprint density at radius 3 is 2.31 bits per heavy atom. The molecule has 2 aromatic rings. The van der Waals surface area contributed by atoms with E-state index in [0.29, 0.717) is 11.9 Å². The monoisotopic (exact) mass is 215 g/mol. The lowest BCUT2D eigenvalue weighted by Crippen LogP contribution is -2.06. The number of nitrogens with zero attached hydrogens (tertiary/aromatic N) is 2. The quantitative estimate of drug-likeness (QED) is 0.836. The number of hydrogen-bond acceptors (Lipinski definition) is 2. The second-order valence-corrected chi connectivity index (χ2v) is 4.36. The minimum atomic E-state index is 0.291. The molecule has 0 saturated carbocycles. The first kappa shape index (κ1) is 10.7. The standard InChI is InChI=1S/C13H17N3/c1-9(2)16-13(14)8-12(15-16)11-6-4-10(3)5-7-11/h4-9H,14H2,1-3H3. The summed E-state index contributed by atoms with van der Waals surface area (Å²) in [6, 6.07) is 10.5. The van der Waals surface area contributed by atoms with Gasteiger partial charge in [-0.15, -0.1) is 0 Å². The van der Waals surface area contributed by atoms with Crippen molar-refractivity contribution in [3.63, 3.8) is 0 Å². The van der Waals surface area contributed by atoms with Crippen LogP contribution in [0.4, 0.5) is 5.82 Å². The zero-order valence-corrected chi connectivity index (χ0v) is 9.94. The summed E-state index contributed by atoms with van der Waals surface area (Å²) in [6.45, 7) is 6.22. The zero-order valence-electron chi connectivity index (χ0n) is 9.94. The lowest BCUT2D eigenvalue weighted by Gasteiger charge is -2.06. The van der Waals surface area contributed by atoms with E-state index in [9.17, 15) is 0 Å². The van der Waals surface area contributed by atoms with Gasteiger partial charge in [-0.3, -0.25) is 0 Å². The highest BCUT2D eigenvalue weighted by molar-refractivity contribution is 5.62. The van der Waals surface area contributed by atoms with Gasteiger partial charge >= 0.3 is 0 Å². The molecule has 3 nitrogen and oxygen atoms in total. The third-order valence-corrected chi connectivity index (χ3v) is 2.60. The third-order valence-electron chi connectivity index (χ3n) is 2.60. The minimum Gasteiger partial charge on any atom is -0.384 e. The van der Waals surface area contributed by atoms with E-state index in [-0.39, 0.29) is 0 Å². The molecular formula is C13H17N3. The van der Waals surface area contributed by atoms with Crippen LogP contribution in [0.1, 0.15) is 25.5 Å². The maximum Gasteiger partial charge on any atom is 0.122 e. The molecule has 0 atom stereocenters. The highest BCUT2D eigenvalue weighted by Gasteiger charge is 2.08. The van der Waals surface area contributed by atoms with Crippen LogP contribution < -0.4 is 5.73 Å². The summed E-state index contributed by atoms with van der Waals surface area (Å²) < 4.78 is 1.84. The van der Waals surface area contributed by atoms with Crippen LogP contribution in [0, 0.1) is 6.92 Å². The highest BCUT2D eigenvalue weighted by Crippen LogP contribution is 2.22. The Labute approximate surface area is 95.9 Å². The van der Waals surface area contributed by atoms with Crippen molar-refractivity contribution in [1.82, 2.24) is 9.78 Å². The lowest BCUT2D eigenvalue weighted by atomic mass is 10.1. The van der Waals surface area contributed by atoms with E-state index in [0.717, 1.165) is 11.3 Å². The molecule has 3 heteroatoms. The smallest absolute Gasteiger partial charge is 0.122 e. The van der Waals surface area contributed by atoms with Crippen molar-refractivity contribution in [2.75, 3.05) is 5.73 Å². The predicted octanol–water partition coefficient (Wildman–Crippen LogP) is 3.02. The van der Waals surface area contributed by atoms with Gasteiger partial charge in [0, 0.05) is 17.7 Å². The SMILES string of the molecule is Cc1ccc(-c2cc(N)n(C(C)C)n2)cc1. The molecule has 0 aliphatic carbocycles. The number of nitrogens with two attached hydrogens (primary N) is 1. The van der Waals surface area contributed by atoms with Gasteiger partial charge in [0.25, 0.3) is 0 Å². The first-order chi connectivity index (χ1) is 7.58. The Balaban J connectivity index is 2.41. The van der Waals surface area contributed by atoms with E-state index in [1.54, 1.807) is 0 Å². The van der Waals surface area contributed by atoms with E-state index >= 15 is 0 Å². The van der Waals surface area contributed by atoms with Crippen LogP contribution in [0.5, 0.6) is 0 Å². The first-order valence-electron chi connectivity index (χ1n) is 5.50. The number of aromatic nitrogens is 2. The largest absolute Gasteiger partial charge is 0.384 e. The molecule has 1 aromatic heterocycles. The molecule has 0 spiro atoms. The fourth-order valence-corrected chi connectivity index (χ4v) is 1.69. The Kier molecular flexibility index (Phi) is 2.69. The van der Waals surface area contributed by atoms with E-state index in [2.05, 4.69) is 50.1 Å². The van der Waals surface area contributed by atoms with Crippen molar-refractivity contribution in [2.24, 2.45) is 0 Å². The van der Waals surface area contributed by atoms with Crippen molar-refractivity contribution >= 4 is 5.82 Å². The van der Waals surface area contributed by atoms with Gasteiger partial charge in [-0.05, 0) is 20.8 Å². The topological polar surface area (TPSA) is 43.8 Å². The number of rotatable bonds is 2. The maximum absolute atomic E-state index is 5.91. The van der Waals surface area contributed by atoms with Crippen LogP contribution in [0.3, 0.4) is 0 Å². The number of hydrogen-bond donors (Lipinski definition) is 1. The van der Waals surface area contributed by atoms with Crippen LogP contribution in [0.25, 0.3) is 11.3 Å². The summed E-state index contributed by atoms with van der Waals surface area (Å²) >= 11 is 0. The third kappa shape index (κ3) is 1.94. The molecule has 0 saturated heterocycles. The second kappa shape index (κ2) is 4.00. The van der Waals surface area contributed by atoms with Crippen LogP contribution in [0.2, 0.25) is 0 Å². The molecule has 0 aliphatic rings. The number of nitrogen functional groups attached to an aromatic ring is 1. The highest BCUT2D eigenvalue weighted by atomic mass is 15.3. The van der Waals surface area contributed by atoms with E-state index in [1.807, 2.05) is 10.7 Å². The molecule has 16 heavy (non-hydrogen) atoms. The van der Waals surface area contributed by atoms with Crippen LogP contribution in [0.15, 0.2) is 30.3 Å². The fourth-order valence-electron chi connectivity index (χ4n) is 1.69. The predicted molar refractivity (Wildman–Crippen MR) is 67.2 cm³/mol. The molecule has 2 N–H and O–H groups in total. The zero-order chi connectivity index (χ0) is 11.7. The number of benzene rings is 1. The van der Waals surface area contributed by atoms with E-state index in [1.165, 1.54) is 5.56 Å². The molecule has 0 unspecified atom stereocenters. The maximum atomic E-state index is 5.91. The molecule has 1 heterocycles. The Hall–Kier alpha value is -1.77. The van der Waals surface area contributed by atoms with Gasteiger partial charge < -0.3 is 5.73 Å². The number of anilines is 1. The van der Waals surface area contributed by atoms with Gasteiger partial charge in [-0.2, -0.15) is 5.10 Å². The van der Waals surface area contributed by atoms with Crippen molar-refractivity contribution in [1.29, 1.82) is 0 Å². The van der Waals surface area contributed by atoms with Crippen LogP contribution in [-0.2, 0) is 0 Å². The van der Waals surface area contributed by atoms with Crippen LogP contribution >= 0.6 is 0 Å². The Morgan fingerprint density at radius 1 is 1.19 bits per heavy atom. The van der Waals surface area contributed by atoms with Crippen molar-refractivity contribution in [2.45, 2.75) is 26.8 Å². The molecular weight excluding hydrogens is 198 g/mol. The van der Waals surface area contributed by atoms with E-state index < -0.39 is 0 Å². The van der Waals surface area contributed by atoms with Gasteiger partial charge in [-0.1, -0.05) is 29.8 Å². The van der Waals surface area contributed by atoms with Crippen molar-refractivity contribution in [3.8, 4) is 11.3 Å². The van der Waals surface area contributed by atoms with Crippen molar-refractivity contribution < 1.29 is 0 Å². The van der Waals surface area contributed by atoms with Crippen molar-refractivity contribution in [3.05, 3.63) is 35.9 Å². The molecule has 84 valence electrons. The lowest BCUT2D eigenvalue weighted by molar-refractivity contribution is 0.542.